The van der Waals surface area contributed by atoms with Crippen molar-refractivity contribution in [2.24, 2.45) is 0 Å². The van der Waals surface area contributed by atoms with E-state index in [-0.39, 0.29) is 17.5 Å². The summed E-state index contributed by atoms with van der Waals surface area (Å²) in [5, 5.41) is 18.7. The zero-order valence-electron chi connectivity index (χ0n) is 12.3. The van der Waals surface area contributed by atoms with Crippen LogP contribution in [0.3, 0.4) is 0 Å². The predicted molar refractivity (Wildman–Crippen MR) is 88.2 cm³/mol. The second kappa shape index (κ2) is 5.20. The van der Waals surface area contributed by atoms with Crippen LogP contribution in [0.15, 0.2) is 29.8 Å². The smallest absolute Gasteiger partial charge is 0.373 e. The lowest BCUT2D eigenvalue weighted by molar-refractivity contribution is -0.389. The number of fused-ring (bicyclic) bond motifs is 2. The maximum atomic E-state index is 11.7. The number of ether oxygens (including phenoxy) is 1. The molecular formula is C14H11N5O4S. The molecular weight excluding hydrogens is 334 g/mol. The molecule has 0 unspecified atom stereocenters. The third kappa shape index (κ3) is 2.24. The van der Waals surface area contributed by atoms with Gasteiger partial charge in [-0.25, -0.2) is 0 Å². The molecule has 10 heteroatoms. The molecule has 1 aliphatic rings. The van der Waals surface area contributed by atoms with E-state index in [1.54, 1.807) is 36.7 Å². The lowest BCUT2D eigenvalue weighted by atomic mass is 10.2. The number of nitrogens with one attached hydrogen (secondary N) is 2. The molecule has 0 bridgehead atoms. The van der Waals surface area contributed by atoms with Crippen LogP contribution >= 0.6 is 11.3 Å². The standard InChI is InChI=1S/C14H11N5O4S/c1-7-12(20)16-9-6-8(2-3-10(9)23-7)15-11-13(19(21)22)18-4-5-24-14(18)17-11/h2-7,15H,1H3,(H,16,20)/t7-/m0/s1. The third-order valence-corrected chi connectivity index (χ3v) is 4.34. The summed E-state index contributed by atoms with van der Waals surface area (Å²) in [5.41, 5.74) is 1.06. The van der Waals surface area contributed by atoms with Crippen molar-refractivity contribution in [2.75, 3.05) is 10.6 Å². The molecule has 2 N–H and O–H groups in total. The second-order valence-corrected chi connectivity index (χ2v) is 6.05. The van der Waals surface area contributed by atoms with E-state index in [0.29, 0.717) is 22.1 Å². The number of rotatable bonds is 3. The molecule has 0 fully saturated rings. The number of hydrogen-bond acceptors (Lipinski definition) is 7. The quantitative estimate of drug-likeness (QED) is 0.558. The first kappa shape index (κ1) is 14.5. The van der Waals surface area contributed by atoms with E-state index in [0.717, 1.165) is 0 Å². The molecule has 3 heterocycles. The number of nitro groups is 1. The van der Waals surface area contributed by atoms with Crippen molar-refractivity contribution in [3.8, 4) is 5.75 Å². The van der Waals surface area contributed by atoms with Gasteiger partial charge in [-0.1, -0.05) is 11.3 Å². The lowest BCUT2D eigenvalue weighted by Crippen LogP contribution is -2.34. The molecule has 1 aromatic carbocycles. The molecule has 1 atom stereocenters. The van der Waals surface area contributed by atoms with E-state index < -0.39 is 11.0 Å². The van der Waals surface area contributed by atoms with Gasteiger partial charge >= 0.3 is 5.82 Å². The molecule has 0 radical (unpaired) electrons. The van der Waals surface area contributed by atoms with Gasteiger partial charge in [0.25, 0.3) is 10.9 Å². The topological polar surface area (TPSA) is 111 Å². The maximum absolute atomic E-state index is 11.7. The highest BCUT2D eigenvalue weighted by atomic mass is 32.1. The van der Waals surface area contributed by atoms with E-state index in [9.17, 15) is 14.9 Å². The zero-order chi connectivity index (χ0) is 16.8. The average molecular weight is 345 g/mol. The Morgan fingerprint density at radius 2 is 2.33 bits per heavy atom. The average Bonchev–Trinajstić information content (AvgIpc) is 3.08. The molecule has 0 saturated carbocycles. The van der Waals surface area contributed by atoms with Gasteiger partial charge in [0.2, 0.25) is 5.82 Å². The van der Waals surface area contributed by atoms with Crippen LogP contribution < -0.4 is 15.4 Å². The molecule has 24 heavy (non-hydrogen) atoms. The molecule has 1 aliphatic heterocycles. The Kier molecular flexibility index (Phi) is 3.13. The highest BCUT2D eigenvalue weighted by Gasteiger charge is 2.26. The number of hydrogen-bond donors (Lipinski definition) is 2. The largest absolute Gasteiger partial charge is 0.479 e. The molecule has 0 spiro atoms. The highest BCUT2D eigenvalue weighted by molar-refractivity contribution is 7.15. The van der Waals surface area contributed by atoms with Crippen LogP contribution in [-0.4, -0.2) is 26.3 Å². The fourth-order valence-electron chi connectivity index (χ4n) is 2.46. The normalized spacial score (nSPS) is 16.4. The number of imidazole rings is 1. The number of benzene rings is 1. The molecule has 122 valence electrons. The zero-order valence-corrected chi connectivity index (χ0v) is 13.2. The van der Waals surface area contributed by atoms with Gasteiger partial charge in [-0.2, -0.15) is 9.38 Å². The van der Waals surface area contributed by atoms with E-state index >= 15 is 0 Å². The summed E-state index contributed by atoms with van der Waals surface area (Å²) in [6.45, 7) is 1.66. The van der Waals surface area contributed by atoms with Crippen molar-refractivity contribution in [3.63, 3.8) is 0 Å². The fraction of sp³-hybridized carbons (Fsp3) is 0.143. The van der Waals surface area contributed by atoms with Crippen molar-refractivity contribution in [2.45, 2.75) is 13.0 Å². The van der Waals surface area contributed by atoms with Crippen molar-refractivity contribution in [1.29, 1.82) is 0 Å². The van der Waals surface area contributed by atoms with E-state index in [1.807, 2.05) is 0 Å². The van der Waals surface area contributed by atoms with Crippen LogP contribution in [0.5, 0.6) is 5.75 Å². The van der Waals surface area contributed by atoms with Crippen LogP contribution in [0.4, 0.5) is 23.0 Å². The Morgan fingerprint density at radius 1 is 1.50 bits per heavy atom. The van der Waals surface area contributed by atoms with Crippen LogP contribution in [-0.2, 0) is 4.79 Å². The van der Waals surface area contributed by atoms with Gasteiger partial charge in [-0.15, -0.1) is 0 Å². The molecule has 0 saturated heterocycles. The van der Waals surface area contributed by atoms with Gasteiger partial charge in [-0.05, 0) is 30.0 Å². The van der Waals surface area contributed by atoms with Crippen molar-refractivity contribution < 1.29 is 14.5 Å². The first-order chi connectivity index (χ1) is 11.5. The van der Waals surface area contributed by atoms with Crippen molar-refractivity contribution in [1.82, 2.24) is 9.38 Å². The number of carbonyl (C=O) groups excluding carboxylic acids is 1. The van der Waals surface area contributed by atoms with Crippen LogP contribution in [0.2, 0.25) is 0 Å². The summed E-state index contributed by atoms with van der Waals surface area (Å²) in [6.07, 6.45) is 1.04. The second-order valence-electron chi connectivity index (χ2n) is 5.18. The van der Waals surface area contributed by atoms with Crippen LogP contribution in [0.1, 0.15) is 6.92 Å². The Balaban J connectivity index is 1.70. The summed E-state index contributed by atoms with van der Waals surface area (Å²) in [5.74, 6) is 0.308. The lowest BCUT2D eigenvalue weighted by Gasteiger charge is -2.23. The molecule has 4 rings (SSSR count). The van der Waals surface area contributed by atoms with E-state index in [1.165, 1.54) is 15.7 Å². The maximum Gasteiger partial charge on any atom is 0.373 e. The third-order valence-electron chi connectivity index (χ3n) is 3.58. The number of nitrogens with zero attached hydrogens (tertiary/aromatic N) is 3. The highest BCUT2D eigenvalue weighted by Crippen LogP contribution is 2.35. The van der Waals surface area contributed by atoms with Crippen LogP contribution in [0.25, 0.3) is 4.96 Å². The summed E-state index contributed by atoms with van der Waals surface area (Å²) in [6, 6.07) is 5.05. The van der Waals surface area contributed by atoms with Gasteiger partial charge in [-0.3, -0.25) is 4.79 Å². The first-order valence-corrected chi connectivity index (χ1v) is 7.89. The van der Waals surface area contributed by atoms with Crippen molar-refractivity contribution >= 4 is 45.2 Å². The summed E-state index contributed by atoms with van der Waals surface area (Å²) < 4.78 is 6.90. The van der Waals surface area contributed by atoms with E-state index in [4.69, 9.17) is 4.74 Å². The number of anilines is 3. The summed E-state index contributed by atoms with van der Waals surface area (Å²) >= 11 is 1.30. The first-order valence-electron chi connectivity index (χ1n) is 7.01. The minimum Gasteiger partial charge on any atom is -0.479 e. The fourth-order valence-corrected chi connectivity index (χ4v) is 3.16. The number of aromatic nitrogens is 2. The van der Waals surface area contributed by atoms with Gasteiger partial charge in [0.05, 0.1) is 5.69 Å². The van der Waals surface area contributed by atoms with E-state index in [2.05, 4.69) is 15.6 Å². The summed E-state index contributed by atoms with van der Waals surface area (Å²) in [4.78, 5) is 27.3. The van der Waals surface area contributed by atoms with Gasteiger partial charge in [0.1, 0.15) is 11.9 Å². The molecule has 2 aromatic heterocycles. The SMILES string of the molecule is C[C@@H]1Oc2ccc(Nc3nc4sccn4c3[N+](=O)[O-])cc2NC1=O. The van der Waals surface area contributed by atoms with Gasteiger partial charge < -0.3 is 25.5 Å². The molecule has 3 aromatic rings. The number of carbonyl (C=O) groups is 1. The van der Waals surface area contributed by atoms with Gasteiger partial charge in [0, 0.05) is 11.1 Å². The number of amides is 1. The Labute approximate surface area is 139 Å². The Morgan fingerprint density at radius 3 is 3.12 bits per heavy atom. The van der Waals surface area contributed by atoms with Crippen LogP contribution in [0, 0.1) is 10.1 Å². The summed E-state index contributed by atoms with van der Waals surface area (Å²) in [7, 11) is 0. The number of thiazole rings is 1. The minimum absolute atomic E-state index is 0.141. The van der Waals surface area contributed by atoms with Crippen molar-refractivity contribution in [3.05, 3.63) is 39.9 Å². The molecule has 1 amide bonds. The Bertz CT molecular complexity index is 979. The molecule has 9 nitrogen and oxygen atoms in total. The Hall–Kier alpha value is -3.14. The monoisotopic (exact) mass is 345 g/mol. The predicted octanol–water partition coefficient (Wildman–Crippen LogP) is 2.77. The minimum atomic E-state index is -0.558. The van der Waals surface area contributed by atoms with Gasteiger partial charge in [0.15, 0.2) is 6.10 Å². The molecule has 0 aliphatic carbocycles.